The molecule has 1 aromatic carbocycles. The molecular formula is C13H11F2N3O. The summed E-state index contributed by atoms with van der Waals surface area (Å²) in [7, 11) is 0. The number of nitrogen functional groups attached to an aromatic ring is 1. The van der Waals surface area contributed by atoms with E-state index < -0.39 is 17.5 Å². The van der Waals surface area contributed by atoms with Gasteiger partial charge >= 0.3 is 0 Å². The summed E-state index contributed by atoms with van der Waals surface area (Å²) in [4.78, 5) is 15.9. The van der Waals surface area contributed by atoms with Gasteiger partial charge in [-0.05, 0) is 25.1 Å². The van der Waals surface area contributed by atoms with E-state index in [1.54, 1.807) is 6.92 Å². The van der Waals surface area contributed by atoms with Crippen LogP contribution < -0.4 is 11.1 Å². The van der Waals surface area contributed by atoms with E-state index in [-0.39, 0.29) is 11.3 Å². The number of hydrogen-bond acceptors (Lipinski definition) is 3. The first-order valence-corrected chi connectivity index (χ1v) is 5.46. The third-order valence-corrected chi connectivity index (χ3v) is 2.53. The molecule has 0 saturated heterocycles. The van der Waals surface area contributed by atoms with E-state index in [1.165, 1.54) is 12.3 Å². The molecule has 3 N–H and O–H groups in total. The van der Waals surface area contributed by atoms with E-state index in [1.807, 2.05) is 0 Å². The van der Waals surface area contributed by atoms with Crippen molar-refractivity contribution < 1.29 is 13.6 Å². The van der Waals surface area contributed by atoms with E-state index in [0.29, 0.717) is 11.4 Å². The van der Waals surface area contributed by atoms with Crippen LogP contribution in [0.2, 0.25) is 0 Å². The fraction of sp³-hybridized carbons (Fsp3) is 0.0769. The number of pyridine rings is 1. The van der Waals surface area contributed by atoms with Gasteiger partial charge in [-0.1, -0.05) is 0 Å². The Bertz CT molecular complexity index is 644. The zero-order chi connectivity index (χ0) is 14.0. The van der Waals surface area contributed by atoms with Crippen LogP contribution in [0.4, 0.5) is 20.2 Å². The number of nitrogens with zero attached hydrogens (tertiary/aromatic N) is 1. The summed E-state index contributed by atoms with van der Waals surface area (Å²) in [6, 6.07) is 4.24. The van der Waals surface area contributed by atoms with Gasteiger partial charge in [-0.25, -0.2) is 8.78 Å². The molecule has 1 amide bonds. The van der Waals surface area contributed by atoms with Gasteiger partial charge in [0.05, 0.1) is 28.8 Å². The molecule has 0 fully saturated rings. The van der Waals surface area contributed by atoms with E-state index in [2.05, 4.69) is 10.3 Å². The molecule has 19 heavy (non-hydrogen) atoms. The number of hydrogen-bond donors (Lipinski definition) is 2. The van der Waals surface area contributed by atoms with Crippen molar-refractivity contribution in [3.8, 4) is 0 Å². The largest absolute Gasteiger partial charge is 0.397 e. The first kappa shape index (κ1) is 12.9. The number of rotatable bonds is 2. The van der Waals surface area contributed by atoms with Gasteiger partial charge in [-0.3, -0.25) is 9.78 Å². The van der Waals surface area contributed by atoms with Crippen LogP contribution >= 0.6 is 0 Å². The van der Waals surface area contributed by atoms with Crippen LogP contribution in [-0.2, 0) is 0 Å². The lowest BCUT2D eigenvalue weighted by atomic mass is 10.1. The Morgan fingerprint density at radius 2 is 2.05 bits per heavy atom. The fourth-order valence-corrected chi connectivity index (χ4v) is 1.56. The summed E-state index contributed by atoms with van der Waals surface area (Å²) in [5.41, 5.74) is 6.28. The average Bonchev–Trinajstić information content (AvgIpc) is 2.36. The quantitative estimate of drug-likeness (QED) is 0.874. The molecule has 0 radical (unpaired) electrons. The van der Waals surface area contributed by atoms with Crippen molar-refractivity contribution >= 4 is 17.3 Å². The SMILES string of the molecule is Cc1ncc(N)cc1C(=O)Nc1cc(F)ccc1F. The number of carbonyl (C=O) groups excluding carboxylic acids is 1. The molecule has 1 heterocycles. The Kier molecular flexibility index (Phi) is 3.41. The van der Waals surface area contributed by atoms with Crippen LogP contribution in [0.25, 0.3) is 0 Å². The highest BCUT2D eigenvalue weighted by atomic mass is 19.1. The highest BCUT2D eigenvalue weighted by molar-refractivity contribution is 6.05. The van der Waals surface area contributed by atoms with Crippen LogP contribution in [0.15, 0.2) is 30.5 Å². The van der Waals surface area contributed by atoms with Crippen LogP contribution in [-0.4, -0.2) is 10.9 Å². The molecule has 98 valence electrons. The monoisotopic (exact) mass is 263 g/mol. The number of amides is 1. The molecule has 0 saturated carbocycles. The van der Waals surface area contributed by atoms with Gasteiger partial charge in [0.2, 0.25) is 0 Å². The van der Waals surface area contributed by atoms with Crippen molar-refractivity contribution in [1.29, 1.82) is 0 Å². The van der Waals surface area contributed by atoms with Crippen LogP contribution in [0.3, 0.4) is 0 Å². The van der Waals surface area contributed by atoms with Crippen LogP contribution in [0.5, 0.6) is 0 Å². The van der Waals surface area contributed by atoms with E-state index in [4.69, 9.17) is 5.73 Å². The van der Waals surface area contributed by atoms with Gasteiger partial charge in [0.25, 0.3) is 5.91 Å². The van der Waals surface area contributed by atoms with Crippen molar-refractivity contribution in [2.45, 2.75) is 6.92 Å². The highest BCUT2D eigenvalue weighted by Crippen LogP contribution is 2.17. The maximum atomic E-state index is 13.4. The fourth-order valence-electron chi connectivity index (χ4n) is 1.56. The van der Waals surface area contributed by atoms with Gasteiger partial charge in [-0.15, -0.1) is 0 Å². The molecule has 0 aliphatic heterocycles. The third-order valence-electron chi connectivity index (χ3n) is 2.53. The van der Waals surface area contributed by atoms with Crippen molar-refractivity contribution in [1.82, 2.24) is 4.98 Å². The molecular weight excluding hydrogens is 252 g/mol. The summed E-state index contributed by atoms with van der Waals surface area (Å²) >= 11 is 0. The molecule has 4 nitrogen and oxygen atoms in total. The molecule has 0 aliphatic carbocycles. The lowest BCUT2D eigenvalue weighted by Crippen LogP contribution is -2.15. The minimum Gasteiger partial charge on any atom is -0.397 e. The predicted octanol–water partition coefficient (Wildman–Crippen LogP) is 2.50. The maximum Gasteiger partial charge on any atom is 0.257 e. The minimum absolute atomic E-state index is 0.212. The van der Waals surface area contributed by atoms with E-state index in [9.17, 15) is 13.6 Å². The average molecular weight is 263 g/mol. The Balaban J connectivity index is 2.30. The van der Waals surface area contributed by atoms with Gasteiger partial charge in [0.1, 0.15) is 11.6 Å². The topological polar surface area (TPSA) is 68.0 Å². The Morgan fingerprint density at radius 3 is 2.79 bits per heavy atom. The first-order valence-electron chi connectivity index (χ1n) is 5.46. The molecule has 2 aromatic rings. The number of anilines is 2. The number of aromatic nitrogens is 1. The summed E-state index contributed by atoms with van der Waals surface area (Å²) in [6.07, 6.45) is 1.41. The van der Waals surface area contributed by atoms with Gasteiger partial charge in [0, 0.05) is 6.07 Å². The Morgan fingerprint density at radius 1 is 1.32 bits per heavy atom. The maximum absolute atomic E-state index is 13.4. The molecule has 1 aromatic heterocycles. The highest BCUT2D eigenvalue weighted by Gasteiger charge is 2.13. The van der Waals surface area contributed by atoms with Crippen molar-refractivity contribution in [2.75, 3.05) is 11.1 Å². The zero-order valence-corrected chi connectivity index (χ0v) is 10.1. The Hall–Kier alpha value is -2.50. The molecule has 0 atom stereocenters. The van der Waals surface area contributed by atoms with Crippen molar-refractivity contribution in [3.63, 3.8) is 0 Å². The lowest BCUT2D eigenvalue weighted by molar-refractivity contribution is 0.102. The number of nitrogens with one attached hydrogen (secondary N) is 1. The summed E-state index contributed by atoms with van der Waals surface area (Å²) in [6.45, 7) is 1.62. The number of halogens is 2. The number of carbonyl (C=O) groups is 1. The molecule has 0 bridgehead atoms. The van der Waals surface area contributed by atoms with E-state index in [0.717, 1.165) is 18.2 Å². The minimum atomic E-state index is -0.718. The standard InChI is InChI=1S/C13H11F2N3O/c1-7-10(5-9(16)6-17-7)13(19)18-12-4-8(14)2-3-11(12)15/h2-6H,16H2,1H3,(H,18,19). The van der Waals surface area contributed by atoms with Gasteiger partial charge in [-0.2, -0.15) is 0 Å². The zero-order valence-electron chi connectivity index (χ0n) is 10.1. The molecule has 2 rings (SSSR count). The van der Waals surface area contributed by atoms with Gasteiger partial charge in [0.15, 0.2) is 0 Å². The molecule has 0 aliphatic rings. The number of nitrogens with two attached hydrogens (primary N) is 1. The smallest absolute Gasteiger partial charge is 0.257 e. The molecule has 0 unspecified atom stereocenters. The molecule has 6 heteroatoms. The summed E-state index contributed by atoms with van der Waals surface area (Å²) in [5.74, 6) is -1.95. The summed E-state index contributed by atoms with van der Waals surface area (Å²) in [5, 5.41) is 2.29. The van der Waals surface area contributed by atoms with Crippen LogP contribution in [0, 0.1) is 18.6 Å². The Labute approximate surface area is 108 Å². The van der Waals surface area contributed by atoms with Crippen LogP contribution in [0.1, 0.15) is 16.1 Å². The lowest BCUT2D eigenvalue weighted by Gasteiger charge is -2.08. The number of aryl methyl sites for hydroxylation is 1. The van der Waals surface area contributed by atoms with Crippen molar-refractivity contribution in [3.05, 3.63) is 53.4 Å². The van der Waals surface area contributed by atoms with Gasteiger partial charge < -0.3 is 11.1 Å². The molecule has 0 spiro atoms. The number of benzene rings is 1. The third kappa shape index (κ3) is 2.85. The second kappa shape index (κ2) is 5.01. The van der Waals surface area contributed by atoms with Crippen molar-refractivity contribution in [2.24, 2.45) is 0 Å². The van der Waals surface area contributed by atoms with E-state index >= 15 is 0 Å². The normalized spacial score (nSPS) is 10.3. The second-order valence-corrected chi connectivity index (χ2v) is 3.98. The second-order valence-electron chi connectivity index (χ2n) is 3.98. The predicted molar refractivity (Wildman–Crippen MR) is 67.7 cm³/mol. The summed E-state index contributed by atoms with van der Waals surface area (Å²) < 4.78 is 26.4. The first-order chi connectivity index (χ1) is 8.97.